The Labute approximate surface area is 97.6 Å². The molecule has 1 aromatic carbocycles. The van der Waals surface area contributed by atoms with E-state index in [9.17, 15) is 9.50 Å². The van der Waals surface area contributed by atoms with Crippen LogP contribution in [0.25, 0.3) is 0 Å². The average molecular weight is 276 g/mol. The second-order valence-electron chi connectivity index (χ2n) is 3.87. The Bertz CT molecular complexity index is 355. The van der Waals surface area contributed by atoms with E-state index in [1.807, 2.05) is 20.8 Å². The number of halogens is 2. The molecule has 15 heavy (non-hydrogen) atoms. The van der Waals surface area contributed by atoms with Crippen molar-refractivity contribution in [2.45, 2.75) is 32.9 Å². The Morgan fingerprint density at radius 1 is 1.33 bits per heavy atom. The number of hydrogen-bond acceptors (Lipinski definition) is 2. The molecule has 0 spiro atoms. The van der Waals surface area contributed by atoms with Gasteiger partial charge in [-0.3, -0.25) is 0 Å². The van der Waals surface area contributed by atoms with Crippen LogP contribution in [0.2, 0.25) is 0 Å². The summed E-state index contributed by atoms with van der Waals surface area (Å²) in [5.74, 6) is -0.879. The Morgan fingerprint density at radius 3 is 2.47 bits per heavy atom. The van der Waals surface area contributed by atoms with Crippen molar-refractivity contribution in [1.82, 2.24) is 5.32 Å². The van der Waals surface area contributed by atoms with Crippen LogP contribution in [0, 0.1) is 5.82 Å². The summed E-state index contributed by atoms with van der Waals surface area (Å²) in [7, 11) is 0. The summed E-state index contributed by atoms with van der Waals surface area (Å²) >= 11 is 3.20. The van der Waals surface area contributed by atoms with E-state index < -0.39 is 5.82 Å². The molecule has 0 fully saturated rings. The second-order valence-corrected chi connectivity index (χ2v) is 4.78. The first-order valence-corrected chi connectivity index (χ1v) is 5.65. The summed E-state index contributed by atoms with van der Waals surface area (Å²) < 4.78 is 13.9. The lowest BCUT2D eigenvalue weighted by atomic mass is 10.1. The minimum Gasteiger partial charge on any atom is -0.505 e. The first-order valence-electron chi connectivity index (χ1n) is 4.85. The van der Waals surface area contributed by atoms with E-state index in [1.54, 1.807) is 6.07 Å². The average Bonchev–Trinajstić information content (AvgIpc) is 2.09. The smallest absolute Gasteiger partial charge is 0.166 e. The maximum absolute atomic E-state index is 13.2. The predicted molar refractivity (Wildman–Crippen MR) is 62.5 cm³/mol. The molecule has 0 aromatic heterocycles. The molecular formula is C11H15BrFNO. The first kappa shape index (κ1) is 12.5. The summed E-state index contributed by atoms with van der Waals surface area (Å²) in [6.07, 6.45) is 0. The number of rotatable bonds is 3. The largest absolute Gasteiger partial charge is 0.505 e. The number of phenols is 1. The number of aromatic hydroxyl groups is 1. The van der Waals surface area contributed by atoms with Crippen LogP contribution >= 0.6 is 15.9 Å². The van der Waals surface area contributed by atoms with Gasteiger partial charge >= 0.3 is 0 Å². The third kappa shape index (κ3) is 3.18. The van der Waals surface area contributed by atoms with E-state index in [0.717, 1.165) is 0 Å². The van der Waals surface area contributed by atoms with Gasteiger partial charge in [-0.2, -0.15) is 0 Å². The van der Waals surface area contributed by atoms with Crippen LogP contribution in [0.3, 0.4) is 0 Å². The van der Waals surface area contributed by atoms with Crippen molar-refractivity contribution in [1.29, 1.82) is 0 Å². The normalized spacial score (nSPS) is 13.2. The van der Waals surface area contributed by atoms with Gasteiger partial charge in [0.1, 0.15) is 0 Å². The topological polar surface area (TPSA) is 32.3 Å². The number of nitrogens with one attached hydrogen (secondary N) is 1. The molecule has 2 nitrogen and oxygen atoms in total. The van der Waals surface area contributed by atoms with Crippen molar-refractivity contribution in [3.63, 3.8) is 0 Å². The van der Waals surface area contributed by atoms with Gasteiger partial charge in [0.2, 0.25) is 0 Å². The predicted octanol–water partition coefficient (Wildman–Crippen LogP) is 3.35. The maximum Gasteiger partial charge on any atom is 0.166 e. The summed E-state index contributed by atoms with van der Waals surface area (Å²) in [6, 6.07) is 3.16. The molecule has 1 atom stereocenters. The standard InChI is InChI=1S/C11H15BrFNO/c1-6(2)14-7(3)9-4-8(12)5-10(13)11(9)15/h4-7,14-15H,1-3H3. The molecule has 1 rings (SSSR count). The van der Waals surface area contributed by atoms with E-state index >= 15 is 0 Å². The van der Waals surface area contributed by atoms with Gasteiger partial charge in [-0.25, -0.2) is 4.39 Å². The van der Waals surface area contributed by atoms with Crippen LogP contribution in [-0.2, 0) is 0 Å². The van der Waals surface area contributed by atoms with Crippen molar-refractivity contribution in [2.75, 3.05) is 0 Å². The molecule has 0 aliphatic carbocycles. The molecule has 2 N–H and O–H groups in total. The first-order chi connectivity index (χ1) is 6.91. The molecule has 0 saturated carbocycles. The lowest BCUT2D eigenvalue weighted by Crippen LogP contribution is -2.26. The van der Waals surface area contributed by atoms with Crippen LogP contribution in [-0.4, -0.2) is 11.1 Å². The molecule has 0 saturated heterocycles. The Balaban J connectivity index is 3.02. The van der Waals surface area contributed by atoms with E-state index in [-0.39, 0.29) is 17.8 Å². The highest BCUT2D eigenvalue weighted by atomic mass is 79.9. The highest BCUT2D eigenvalue weighted by Gasteiger charge is 2.15. The van der Waals surface area contributed by atoms with Crippen molar-refractivity contribution in [2.24, 2.45) is 0 Å². The van der Waals surface area contributed by atoms with Gasteiger partial charge in [0.15, 0.2) is 11.6 Å². The molecular weight excluding hydrogens is 261 g/mol. The van der Waals surface area contributed by atoms with Crippen molar-refractivity contribution in [3.8, 4) is 5.75 Å². The third-order valence-corrected chi connectivity index (χ3v) is 2.57. The molecule has 0 heterocycles. The van der Waals surface area contributed by atoms with Gasteiger partial charge in [-0.05, 0) is 19.1 Å². The highest BCUT2D eigenvalue weighted by Crippen LogP contribution is 2.30. The van der Waals surface area contributed by atoms with E-state index in [1.165, 1.54) is 6.07 Å². The van der Waals surface area contributed by atoms with Gasteiger partial charge in [0.05, 0.1) is 0 Å². The molecule has 0 aliphatic rings. The van der Waals surface area contributed by atoms with Crippen LogP contribution in [0.1, 0.15) is 32.4 Å². The van der Waals surface area contributed by atoms with Crippen molar-refractivity contribution in [3.05, 3.63) is 28.0 Å². The van der Waals surface area contributed by atoms with Gasteiger partial charge in [-0.1, -0.05) is 29.8 Å². The van der Waals surface area contributed by atoms with Crippen LogP contribution < -0.4 is 5.32 Å². The summed E-state index contributed by atoms with van der Waals surface area (Å²) in [5, 5.41) is 12.8. The molecule has 84 valence electrons. The Kier molecular flexibility index (Phi) is 4.11. The molecule has 4 heteroatoms. The maximum atomic E-state index is 13.2. The van der Waals surface area contributed by atoms with Gasteiger partial charge < -0.3 is 10.4 Å². The molecule has 0 aliphatic heterocycles. The molecule has 0 radical (unpaired) electrons. The summed E-state index contributed by atoms with van der Waals surface area (Å²) in [5.41, 5.74) is 0.565. The molecule has 0 bridgehead atoms. The second kappa shape index (κ2) is 4.94. The van der Waals surface area contributed by atoms with Gasteiger partial charge in [0.25, 0.3) is 0 Å². The van der Waals surface area contributed by atoms with E-state index in [4.69, 9.17) is 0 Å². The quantitative estimate of drug-likeness (QED) is 0.887. The fraction of sp³-hybridized carbons (Fsp3) is 0.455. The van der Waals surface area contributed by atoms with Crippen molar-refractivity contribution < 1.29 is 9.50 Å². The lowest BCUT2D eigenvalue weighted by Gasteiger charge is -2.18. The number of hydrogen-bond donors (Lipinski definition) is 2. The summed E-state index contributed by atoms with van der Waals surface area (Å²) in [4.78, 5) is 0. The lowest BCUT2D eigenvalue weighted by molar-refractivity contribution is 0.409. The number of phenolic OH excluding ortho intramolecular Hbond substituents is 1. The Morgan fingerprint density at radius 2 is 1.93 bits per heavy atom. The molecule has 0 amide bonds. The van der Waals surface area contributed by atoms with E-state index in [0.29, 0.717) is 10.0 Å². The minimum atomic E-state index is -0.600. The highest BCUT2D eigenvalue weighted by molar-refractivity contribution is 9.10. The third-order valence-electron chi connectivity index (χ3n) is 2.11. The fourth-order valence-corrected chi connectivity index (χ4v) is 1.95. The van der Waals surface area contributed by atoms with E-state index in [2.05, 4.69) is 21.2 Å². The minimum absolute atomic E-state index is 0.0861. The zero-order chi connectivity index (χ0) is 11.6. The number of benzene rings is 1. The van der Waals surface area contributed by atoms with Crippen molar-refractivity contribution >= 4 is 15.9 Å². The SMILES string of the molecule is CC(C)NC(C)c1cc(Br)cc(F)c1O. The zero-order valence-electron chi connectivity index (χ0n) is 9.01. The monoisotopic (exact) mass is 275 g/mol. The molecule has 1 unspecified atom stereocenters. The van der Waals surface area contributed by atoms with Crippen LogP contribution in [0.5, 0.6) is 5.75 Å². The summed E-state index contributed by atoms with van der Waals surface area (Å²) in [6.45, 7) is 5.89. The fourth-order valence-electron chi connectivity index (χ4n) is 1.51. The Hall–Kier alpha value is -0.610. The van der Waals surface area contributed by atoms with Crippen LogP contribution in [0.15, 0.2) is 16.6 Å². The van der Waals surface area contributed by atoms with Gasteiger partial charge in [0, 0.05) is 22.1 Å². The van der Waals surface area contributed by atoms with Gasteiger partial charge in [-0.15, -0.1) is 0 Å². The molecule has 1 aromatic rings. The zero-order valence-corrected chi connectivity index (χ0v) is 10.6. The van der Waals surface area contributed by atoms with Crippen LogP contribution in [0.4, 0.5) is 4.39 Å².